The molecule has 62 valence electrons. The molecule has 0 heterocycles. The maximum absolute atomic E-state index is 5.79. The van der Waals surface area contributed by atoms with Gasteiger partial charge >= 0.3 is 0 Å². The average Bonchev–Trinajstić information content (AvgIpc) is 1.88. The van der Waals surface area contributed by atoms with Crippen molar-refractivity contribution in [3.05, 3.63) is 0 Å². The van der Waals surface area contributed by atoms with E-state index in [9.17, 15) is 0 Å². The van der Waals surface area contributed by atoms with Gasteiger partial charge in [-0.05, 0) is 11.7 Å². The van der Waals surface area contributed by atoms with E-state index in [2.05, 4.69) is 6.92 Å². The molecule has 0 aromatic rings. The van der Waals surface area contributed by atoms with Crippen LogP contribution in [0.2, 0.25) is 0 Å². The van der Waals surface area contributed by atoms with Crippen molar-refractivity contribution in [3.8, 4) is 0 Å². The second-order valence-electron chi connectivity index (χ2n) is 2.34. The van der Waals surface area contributed by atoms with Crippen molar-refractivity contribution < 1.29 is 4.74 Å². The third-order valence-electron chi connectivity index (χ3n) is 0.972. The molecule has 0 bridgehead atoms. The van der Waals surface area contributed by atoms with E-state index < -0.39 is 0 Å². The van der Waals surface area contributed by atoms with Crippen LogP contribution in [0.3, 0.4) is 0 Å². The number of hydrogen-bond donors (Lipinski definition) is 1. The predicted octanol–water partition coefficient (Wildman–Crippen LogP) is 2.47. The number of hydrogen-bond acceptors (Lipinski definition) is 1. The van der Waals surface area contributed by atoms with Crippen molar-refractivity contribution in [2.24, 2.45) is 5.92 Å². The van der Waals surface area contributed by atoms with Gasteiger partial charge in [-0.3, -0.25) is 0 Å². The number of alkyl halides is 1. The molecule has 0 aromatic heterocycles. The molecule has 0 aliphatic rings. The molecule has 0 saturated heterocycles. The summed E-state index contributed by atoms with van der Waals surface area (Å²) in [6.07, 6.45) is 0. The van der Waals surface area contributed by atoms with Crippen LogP contribution in [-0.2, 0) is 4.74 Å². The minimum atomic E-state index is -0.168. The Morgan fingerprint density at radius 3 is 2.60 bits per heavy atom. The lowest BCUT2D eigenvalue weighted by atomic mass is 10.2. The van der Waals surface area contributed by atoms with Crippen LogP contribution in [-0.4, -0.2) is 16.9 Å². The smallest absolute Gasteiger partial charge is 0.139 e. The summed E-state index contributed by atoms with van der Waals surface area (Å²) >= 11 is 6.99. The van der Waals surface area contributed by atoms with E-state index in [0.717, 1.165) is 5.75 Å². The quantitative estimate of drug-likeness (QED) is 0.399. The van der Waals surface area contributed by atoms with Gasteiger partial charge in [0.25, 0.3) is 0 Å². The first-order chi connectivity index (χ1) is 4.68. The molecule has 0 amide bonds. The molecule has 0 spiro atoms. The van der Waals surface area contributed by atoms with Crippen LogP contribution in [0.1, 0.15) is 20.8 Å². The summed E-state index contributed by atoms with van der Waals surface area (Å²) in [5.41, 5.74) is 1.59. The molecule has 10 heavy (non-hydrogen) atoms. The summed E-state index contributed by atoms with van der Waals surface area (Å²) in [6.45, 7) is 6.17. The van der Waals surface area contributed by atoms with Gasteiger partial charge in [0.1, 0.15) is 5.56 Å². The Kier molecular flexibility index (Phi) is 6.49. The van der Waals surface area contributed by atoms with Crippen LogP contribution in [0.5, 0.6) is 0 Å². The number of thiol groups is 1. The fraction of sp³-hybridized carbons (Fsp3) is 0.857. The first-order valence-electron chi connectivity index (χ1n) is 3.46. The Bertz CT molecular complexity index is 104. The zero-order valence-corrected chi connectivity index (χ0v) is 8.32. The van der Waals surface area contributed by atoms with Gasteiger partial charge in [-0.1, -0.05) is 32.4 Å². The van der Waals surface area contributed by atoms with E-state index in [1.165, 1.54) is 11.4 Å². The summed E-state index contributed by atoms with van der Waals surface area (Å²) in [6, 6.07) is 0. The summed E-state index contributed by atoms with van der Waals surface area (Å²) < 4.78 is 5.17. The summed E-state index contributed by atoms with van der Waals surface area (Å²) in [7, 11) is 0. The fourth-order valence-electron chi connectivity index (χ4n) is 0.333. The monoisotopic (exact) mass is 182 g/mol. The molecule has 0 aromatic carbocycles. The molecule has 1 nitrogen and oxygen atoms in total. The molecule has 1 atom stereocenters. The lowest BCUT2D eigenvalue weighted by Crippen LogP contribution is -2.10. The van der Waals surface area contributed by atoms with Gasteiger partial charge in [0.15, 0.2) is 0 Å². The SMILES string of the molecule is CC[SH]=COC(Cl)C(C)C. The van der Waals surface area contributed by atoms with Crippen LogP contribution in [0.15, 0.2) is 0 Å². The molecular weight excluding hydrogens is 168 g/mol. The van der Waals surface area contributed by atoms with Gasteiger partial charge < -0.3 is 4.74 Å². The third kappa shape index (κ3) is 5.27. The lowest BCUT2D eigenvalue weighted by Gasteiger charge is -2.09. The number of halogens is 1. The first-order valence-corrected chi connectivity index (χ1v) is 5.04. The predicted molar refractivity (Wildman–Crippen MR) is 51.2 cm³/mol. The molecule has 0 aliphatic heterocycles. The molecule has 0 aliphatic carbocycles. The van der Waals surface area contributed by atoms with Crippen molar-refractivity contribution in [1.29, 1.82) is 0 Å². The average molecular weight is 183 g/mol. The fourth-order valence-corrected chi connectivity index (χ4v) is 0.822. The summed E-state index contributed by atoms with van der Waals surface area (Å²) in [5, 5.41) is 0. The van der Waals surface area contributed by atoms with Crippen molar-refractivity contribution >= 4 is 28.5 Å². The minimum absolute atomic E-state index is 0.168. The van der Waals surface area contributed by atoms with E-state index in [1.54, 1.807) is 5.55 Å². The summed E-state index contributed by atoms with van der Waals surface area (Å²) in [4.78, 5) is 0. The largest absolute Gasteiger partial charge is 0.329 e. The van der Waals surface area contributed by atoms with Crippen LogP contribution < -0.4 is 0 Å². The number of ether oxygens (including phenoxy) is 1. The molecule has 0 radical (unpaired) electrons. The lowest BCUT2D eigenvalue weighted by molar-refractivity contribution is 0.233. The van der Waals surface area contributed by atoms with Gasteiger partial charge in [0, 0.05) is 0 Å². The Balaban J connectivity index is 3.38. The zero-order chi connectivity index (χ0) is 7.98. The van der Waals surface area contributed by atoms with Gasteiger partial charge in [-0.25, -0.2) is 0 Å². The minimum Gasteiger partial charge on any atom is -0.329 e. The standard InChI is InChI=1S/C7H15ClOS/c1-4-10-5-9-7(8)6(2)3/h5-7,10H,4H2,1-3H3. The molecule has 3 heteroatoms. The van der Waals surface area contributed by atoms with Crippen LogP contribution in [0.4, 0.5) is 0 Å². The van der Waals surface area contributed by atoms with Gasteiger partial charge in [0.05, 0.1) is 5.55 Å². The maximum atomic E-state index is 5.79. The molecule has 0 rings (SSSR count). The molecule has 0 fully saturated rings. The molecular formula is C7H15ClOS. The zero-order valence-electron chi connectivity index (χ0n) is 6.67. The van der Waals surface area contributed by atoms with Gasteiger partial charge in [-0.15, -0.1) is 0 Å². The van der Waals surface area contributed by atoms with E-state index in [1.807, 2.05) is 13.8 Å². The van der Waals surface area contributed by atoms with Gasteiger partial charge in [0.2, 0.25) is 0 Å². The van der Waals surface area contributed by atoms with Crippen LogP contribution in [0, 0.1) is 5.92 Å². The Hall–Kier alpha value is 0.470. The summed E-state index contributed by atoms with van der Waals surface area (Å²) in [5.74, 6) is 1.46. The highest BCUT2D eigenvalue weighted by atomic mass is 35.5. The third-order valence-corrected chi connectivity index (χ3v) is 2.21. The van der Waals surface area contributed by atoms with Crippen molar-refractivity contribution in [1.82, 2.24) is 0 Å². The topological polar surface area (TPSA) is 9.23 Å². The Morgan fingerprint density at radius 2 is 2.20 bits per heavy atom. The van der Waals surface area contributed by atoms with E-state index in [0.29, 0.717) is 5.92 Å². The van der Waals surface area contributed by atoms with E-state index in [-0.39, 0.29) is 5.56 Å². The first kappa shape index (κ1) is 10.5. The second-order valence-corrected chi connectivity index (χ2v) is 3.97. The van der Waals surface area contributed by atoms with Crippen LogP contribution in [0.25, 0.3) is 0 Å². The van der Waals surface area contributed by atoms with Crippen molar-refractivity contribution in [2.75, 3.05) is 5.75 Å². The van der Waals surface area contributed by atoms with Crippen molar-refractivity contribution in [2.45, 2.75) is 26.3 Å². The highest BCUT2D eigenvalue weighted by Gasteiger charge is 2.06. The van der Waals surface area contributed by atoms with E-state index in [4.69, 9.17) is 16.3 Å². The molecule has 0 saturated carbocycles. The molecule has 1 unspecified atom stereocenters. The molecule has 0 N–H and O–H groups in total. The number of rotatable bonds is 4. The maximum Gasteiger partial charge on any atom is 0.139 e. The van der Waals surface area contributed by atoms with Gasteiger partial charge in [-0.2, -0.15) is 11.4 Å². The van der Waals surface area contributed by atoms with Crippen LogP contribution >= 0.6 is 23.0 Å². The second kappa shape index (κ2) is 6.20. The van der Waals surface area contributed by atoms with E-state index >= 15 is 0 Å². The Morgan fingerprint density at radius 1 is 1.60 bits per heavy atom. The highest BCUT2D eigenvalue weighted by Crippen LogP contribution is 2.09. The highest BCUT2D eigenvalue weighted by molar-refractivity contribution is 7.97. The Labute approximate surface area is 71.7 Å². The normalized spacial score (nSPS) is 15.7. The van der Waals surface area contributed by atoms with Crippen molar-refractivity contribution in [3.63, 3.8) is 0 Å².